The number of benzene rings is 1. The molecule has 2 nitrogen and oxygen atoms in total. The van der Waals surface area contributed by atoms with E-state index in [1.165, 1.54) is 0 Å². The van der Waals surface area contributed by atoms with Crippen LogP contribution in [0.3, 0.4) is 0 Å². The molecule has 21 heavy (non-hydrogen) atoms. The molecule has 0 unspecified atom stereocenters. The van der Waals surface area contributed by atoms with Crippen LogP contribution in [0, 0.1) is 0 Å². The standard InChI is InChI=1S/C14H12ClF3N2S/c1-8(2)9-3-5-10(6-4-9)21-12-7-11(14(16,17)18)19-13(15)20-12/h3-8H,1-2H3. The van der Waals surface area contributed by atoms with Crippen molar-refractivity contribution in [3.63, 3.8) is 0 Å². The van der Waals surface area contributed by atoms with Gasteiger partial charge in [0.2, 0.25) is 5.28 Å². The highest BCUT2D eigenvalue weighted by Gasteiger charge is 2.33. The first kappa shape index (κ1) is 16.1. The molecule has 0 amide bonds. The minimum Gasteiger partial charge on any atom is -0.213 e. The number of rotatable bonds is 3. The lowest BCUT2D eigenvalue weighted by Crippen LogP contribution is -2.09. The van der Waals surface area contributed by atoms with Crippen LogP contribution in [0.2, 0.25) is 5.28 Å². The average molecular weight is 333 g/mol. The second-order valence-corrected chi connectivity index (χ2v) is 6.12. The Labute approximate surface area is 129 Å². The molecule has 0 fully saturated rings. The van der Waals surface area contributed by atoms with Crippen molar-refractivity contribution in [2.75, 3.05) is 0 Å². The van der Waals surface area contributed by atoms with Gasteiger partial charge in [-0.05, 0) is 35.2 Å². The summed E-state index contributed by atoms with van der Waals surface area (Å²) in [4.78, 5) is 7.81. The normalized spacial score (nSPS) is 12.0. The van der Waals surface area contributed by atoms with Crippen molar-refractivity contribution >= 4 is 23.4 Å². The maximum atomic E-state index is 12.7. The maximum Gasteiger partial charge on any atom is 0.433 e. The molecular weight excluding hydrogens is 321 g/mol. The Hall–Kier alpha value is -1.27. The Balaban J connectivity index is 2.25. The van der Waals surface area contributed by atoms with Crippen molar-refractivity contribution in [2.24, 2.45) is 0 Å². The number of alkyl halides is 3. The summed E-state index contributed by atoms with van der Waals surface area (Å²) in [5.41, 5.74) is 0.125. The summed E-state index contributed by atoms with van der Waals surface area (Å²) in [6.45, 7) is 4.14. The van der Waals surface area contributed by atoms with Crippen LogP contribution in [-0.2, 0) is 6.18 Å². The summed E-state index contributed by atoms with van der Waals surface area (Å²) in [7, 11) is 0. The maximum absolute atomic E-state index is 12.7. The average Bonchev–Trinajstić information content (AvgIpc) is 2.37. The van der Waals surface area contributed by atoms with Crippen LogP contribution in [0.5, 0.6) is 0 Å². The number of nitrogens with zero attached hydrogens (tertiary/aromatic N) is 2. The summed E-state index contributed by atoms with van der Waals surface area (Å²) in [6, 6.07) is 8.49. The topological polar surface area (TPSA) is 25.8 Å². The quantitative estimate of drug-likeness (QED) is 0.554. The summed E-state index contributed by atoms with van der Waals surface area (Å²) in [5, 5.41) is -0.245. The Morgan fingerprint density at radius 1 is 1.10 bits per heavy atom. The molecule has 0 bridgehead atoms. The zero-order chi connectivity index (χ0) is 15.6. The predicted molar refractivity (Wildman–Crippen MR) is 76.7 cm³/mol. The van der Waals surface area contributed by atoms with E-state index in [-0.39, 0.29) is 5.03 Å². The lowest BCUT2D eigenvalue weighted by molar-refractivity contribution is -0.141. The minimum atomic E-state index is -4.54. The van der Waals surface area contributed by atoms with E-state index in [4.69, 9.17) is 11.6 Å². The van der Waals surface area contributed by atoms with Gasteiger partial charge in [-0.25, -0.2) is 9.97 Å². The summed E-state index contributed by atoms with van der Waals surface area (Å²) >= 11 is 6.67. The van der Waals surface area contributed by atoms with Gasteiger partial charge in [0, 0.05) is 11.0 Å². The molecule has 112 valence electrons. The lowest BCUT2D eigenvalue weighted by atomic mass is 10.0. The van der Waals surface area contributed by atoms with Gasteiger partial charge in [-0.15, -0.1) is 0 Å². The van der Waals surface area contributed by atoms with Gasteiger partial charge < -0.3 is 0 Å². The number of halogens is 4. The molecule has 2 aromatic rings. The van der Waals surface area contributed by atoms with Crippen molar-refractivity contribution in [3.8, 4) is 0 Å². The fraction of sp³-hybridized carbons (Fsp3) is 0.286. The second kappa shape index (κ2) is 6.23. The third-order valence-electron chi connectivity index (χ3n) is 2.73. The van der Waals surface area contributed by atoms with Gasteiger partial charge in [0.1, 0.15) is 5.03 Å². The lowest BCUT2D eigenvalue weighted by Gasteiger charge is -2.09. The van der Waals surface area contributed by atoms with Crippen molar-refractivity contribution in [1.82, 2.24) is 9.97 Å². The Morgan fingerprint density at radius 3 is 2.24 bits per heavy atom. The summed E-state index contributed by atoms with van der Waals surface area (Å²) in [5.74, 6) is 0.398. The van der Waals surface area contributed by atoms with Gasteiger partial charge in [0.25, 0.3) is 0 Å². The van der Waals surface area contributed by atoms with Crippen molar-refractivity contribution < 1.29 is 13.2 Å². The van der Waals surface area contributed by atoms with E-state index in [1.54, 1.807) is 0 Å². The molecule has 0 aliphatic heterocycles. The second-order valence-electron chi connectivity index (χ2n) is 4.68. The molecule has 0 atom stereocenters. The molecule has 0 N–H and O–H groups in total. The summed E-state index contributed by atoms with van der Waals surface area (Å²) < 4.78 is 38.0. The first-order valence-corrected chi connectivity index (χ1v) is 7.35. The van der Waals surface area contributed by atoms with Crippen LogP contribution >= 0.6 is 23.4 Å². The Kier molecular flexibility index (Phi) is 4.78. The van der Waals surface area contributed by atoms with Crippen LogP contribution in [0.4, 0.5) is 13.2 Å². The monoisotopic (exact) mass is 332 g/mol. The van der Waals surface area contributed by atoms with Gasteiger partial charge in [0.05, 0.1) is 0 Å². The molecule has 2 rings (SSSR count). The number of hydrogen-bond acceptors (Lipinski definition) is 3. The van der Waals surface area contributed by atoms with Crippen molar-refractivity contribution in [3.05, 3.63) is 46.9 Å². The molecule has 7 heteroatoms. The molecule has 0 aliphatic carbocycles. The zero-order valence-corrected chi connectivity index (χ0v) is 12.9. The molecule has 0 spiro atoms. The molecule has 0 aliphatic rings. The largest absolute Gasteiger partial charge is 0.433 e. The molecule has 1 heterocycles. The van der Waals surface area contributed by atoms with Gasteiger partial charge >= 0.3 is 6.18 Å². The third-order valence-corrected chi connectivity index (χ3v) is 3.83. The van der Waals surface area contributed by atoms with Gasteiger partial charge in [0.15, 0.2) is 5.69 Å². The molecule has 1 aromatic carbocycles. The predicted octanol–water partition coefficient (Wildman–Crippen LogP) is 5.42. The zero-order valence-electron chi connectivity index (χ0n) is 11.3. The highest BCUT2D eigenvalue weighted by molar-refractivity contribution is 7.99. The fourth-order valence-electron chi connectivity index (χ4n) is 1.64. The smallest absolute Gasteiger partial charge is 0.213 e. The molecule has 0 radical (unpaired) electrons. The van der Waals surface area contributed by atoms with Gasteiger partial charge in [-0.1, -0.05) is 37.7 Å². The van der Waals surface area contributed by atoms with Crippen LogP contribution in [0.1, 0.15) is 31.0 Å². The molecule has 1 aromatic heterocycles. The van der Waals surface area contributed by atoms with E-state index >= 15 is 0 Å². The van der Waals surface area contributed by atoms with Crippen molar-refractivity contribution in [2.45, 2.75) is 35.9 Å². The van der Waals surface area contributed by atoms with Crippen LogP contribution in [0.15, 0.2) is 40.3 Å². The summed E-state index contributed by atoms with van der Waals surface area (Å²) in [6.07, 6.45) is -4.54. The highest BCUT2D eigenvalue weighted by Crippen LogP contribution is 2.33. The first-order valence-electron chi connectivity index (χ1n) is 6.15. The number of aromatic nitrogens is 2. The van der Waals surface area contributed by atoms with Crippen LogP contribution < -0.4 is 0 Å². The Morgan fingerprint density at radius 2 is 1.71 bits per heavy atom. The van der Waals surface area contributed by atoms with Gasteiger partial charge in [-0.3, -0.25) is 0 Å². The van der Waals surface area contributed by atoms with Crippen LogP contribution in [-0.4, -0.2) is 9.97 Å². The first-order chi connectivity index (χ1) is 9.75. The van der Waals surface area contributed by atoms with E-state index in [1.807, 2.05) is 24.3 Å². The molecular formula is C14H12ClF3N2S. The van der Waals surface area contributed by atoms with Crippen LogP contribution in [0.25, 0.3) is 0 Å². The molecule has 0 saturated carbocycles. The van der Waals surface area contributed by atoms with Crippen molar-refractivity contribution in [1.29, 1.82) is 0 Å². The van der Waals surface area contributed by atoms with E-state index in [9.17, 15) is 13.2 Å². The SMILES string of the molecule is CC(C)c1ccc(Sc2cc(C(F)(F)F)nc(Cl)n2)cc1. The Bertz CT molecular complexity index is 627. The minimum absolute atomic E-state index is 0.166. The van der Waals surface area contributed by atoms with E-state index < -0.39 is 17.2 Å². The number of hydrogen-bond donors (Lipinski definition) is 0. The van der Waals surface area contributed by atoms with E-state index in [2.05, 4.69) is 23.8 Å². The highest BCUT2D eigenvalue weighted by atomic mass is 35.5. The molecule has 0 saturated heterocycles. The van der Waals surface area contributed by atoms with Gasteiger partial charge in [-0.2, -0.15) is 13.2 Å². The van der Waals surface area contributed by atoms with E-state index in [0.717, 1.165) is 28.3 Å². The van der Waals surface area contributed by atoms with E-state index in [0.29, 0.717) is 5.92 Å². The third kappa shape index (κ3) is 4.35. The fourth-order valence-corrected chi connectivity index (χ4v) is 2.68.